The number of unbranched alkanes of at least 4 members (excludes halogenated alkanes) is 1. The van der Waals surface area contributed by atoms with E-state index in [0.717, 1.165) is 6.42 Å². The van der Waals surface area contributed by atoms with Crippen LogP contribution in [0.1, 0.15) is 53.9 Å². The number of ether oxygens (including phenoxy) is 4. The molecule has 0 amide bonds. The number of hydrogen-bond donors (Lipinski definition) is 1. The van der Waals surface area contributed by atoms with Crippen molar-refractivity contribution >= 4 is 5.97 Å². The summed E-state index contributed by atoms with van der Waals surface area (Å²) < 4.78 is 22.5. The van der Waals surface area contributed by atoms with Crippen LogP contribution in [-0.4, -0.2) is 54.5 Å². The molecule has 22 heavy (non-hydrogen) atoms. The van der Waals surface area contributed by atoms with Gasteiger partial charge in [-0.1, -0.05) is 0 Å². The van der Waals surface area contributed by atoms with Gasteiger partial charge in [0.15, 0.2) is 5.79 Å². The van der Waals surface area contributed by atoms with Crippen molar-refractivity contribution in [3.05, 3.63) is 0 Å². The average molecular weight is 318 g/mol. The number of esters is 1. The molecule has 1 aliphatic heterocycles. The number of rotatable bonds is 8. The molecule has 0 unspecified atom stereocenters. The molecule has 1 N–H and O–H groups in total. The van der Waals surface area contributed by atoms with E-state index in [1.165, 1.54) is 0 Å². The number of carbonyl (C=O) groups is 1. The highest BCUT2D eigenvalue weighted by Crippen LogP contribution is 2.27. The third-order valence-corrected chi connectivity index (χ3v) is 3.12. The van der Waals surface area contributed by atoms with Crippen LogP contribution in [-0.2, 0) is 23.7 Å². The van der Waals surface area contributed by atoms with E-state index < -0.39 is 17.5 Å². The molecule has 130 valence electrons. The number of carbonyl (C=O) groups excluding carboxylic acids is 1. The summed E-state index contributed by atoms with van der Waals surface area (Å²) >= 11 is 0. The van der Waals surface area contributed by atoms with Crippen molar-refractivity contribution in [2.45, 2.75) is 77.5 Å². The molecule has 0 aromatic carbocycles. The van der Waals surface area contributed by atoms with E-state index >= 15 is 0 Å². The predicted molar refractivity (Wildman–Crippen MR) is 81.4 cm³/mol. The Bertz CT molecular complexity index is 347. The lowest BCUT2D eigenvalue weighted by Gasteiger charge is -2.26. The van der Waals surface area contributed by atoms with Crippen molar-refractivity contribution in [1.82, 2.24) is 0 Å². The maximum atomic E-state index is 12.0. The SMILES string of the molecule is CC(C)(C)OC(=O)C[C@H](OCCCCO)[C@H]1COC(C)(C)O1. The van der Waals surface area contributed by atoms with Gasteiger partial charge >= 0.3 is 5.97 Å². The molecule has 2 atom stereocenters. The van der Waals surface area contributed by atoms with Gasteiger partial charge in [-0.05, 0) is 47.5 Å². The second-order valence-electron chi connectivity index (χ2n) is 7.00. The molecule has 6 nitrogen and oxygen atoms in total. The minimum absolute atomic E-state index is 0.125. The smallest absolute Gasteiger partial charge is 0.309 e. The van der Waals surface area contributed by atoms with E-state index in [1.54, 1.807) is 0 Å². The minimum Gasteiger partial charge on any atom is -0.460 e. The normalized spacial score (nSPS) is 22.5. The fourth-order valence-electron chi connectivity index (χ4n) is 2.19. The molecule has 1 aliphatic rings. The largest absolute Gasteiger partial charge is 0.460 e. The van der Waals surface area contributed by atoms with E-state index in [9.17, 15) is 4.79 Å². The van der Waals surface area contributed by atoms with Gasteiger partial charge in [0.25, 0.3) is 0 Å². The first-order valence-electron chi connectivity index (χ1n) is 7.89. The van der Waals surface area contributed by atoms with Gasteiger partial charge in [-0.3, -0.25) is 4.79 Å². The summed E-state index contributed by atoms with van der Waals surface area (Å²) in [7, 11) is 0. The first kappa shape index (κ1) is 19.4. The van der Waals surface area contributed by atoms with Gasteiger partial charge in [0.1, 0.15) is 11.7 Å². The lowest BCUT2D eigenvalue weighted by molar-refractivity contribution is -0.171. The molecule has 0 aliphatic carbocycles. The number of aliphatic hydroxyl groups is 1. The van der Waals surface area contributed by atoms with Crippen LogP contribution in [0.25, 0.3) is 0 Å². The van der Waals surface area contributed by atoms with E-state index in [2.05, 4.69) is 0 Å². The molecule has 0 bridgehead atoms. The molecule has 0 saturated carbocycles. The van der Waals surface area contributed by atoms with E-state index in [4.69, 9.17) is 24.1 Å². The summed E-state index contributed by atoms with van der Waals surface area (Å²) in [4.78, 5) is 12.0. The van der Waals surface area contributed by atoms with Gasteiger partial charge < -0.3 is 24.1 Å². The van der Waals surface area contributed by atoms with Gasteiger partial charge in [-0.2, -0.15) is 0 Å². The first-order chi connectivity index (χ1) is 10.1. The van der Waals surface area contributed by atoms with Crippen LogP contribution in [0.5, 0.6) is 0 Å². The van der Waals surface area contributed by atoms with Crippen LogP contribution in [0.4, 0.5) is 0 Å². The molecule has 0 spiro atoms. The lowest BCUT2D eigenvalue weighted by atomic mass is 10.1. The molecule has 1 fully saturated rings. The van der Waals surface area contributed by atoms with Gasteiger partial charge in [-0.15, -0.1) is 0 Å². The maximum absolute atomic E-state index is 12.0. The zero-order valence-corrected chi connectivity index (χ0v) is 14.4. The van der Waals surface area contributed by atoms with Crippen LogP contribution in [0.3, 0.4) is 0 Å². The summed E-state index contributed by atoms with van der Waals surface area (Å²) in [5.41, 5.74) is -0.523. The van der Waals surface area contributed by atoms with Crippen molar-refractivity contribution in [3.63, 3.8) is 0 Å². The fraction of sp³-hybridized carbons (Fsp3) is 0.938. The Hall–Kier alpha value is -0.690. The molecule has 0 aromatic rings. The van der Waals surface area contributed by atoms with Crippen LogP contribution >= 0.6 is 0 Å². The predicted octanol–water partition coefficient (Wildman–Crippen LogP) is 2.03. The third-order valence-electron chi connectivity index (χ3n) is 3.12. The molecular formula is C16H30O6. The second kappa shape index (κ2) is 8.24. The highest BCUT2D eigenvalue weighted by Gasteiger charge is 2.39. The monoisotopic (exact) mass is 318 g/mol. The second-order valence-corrected chi connectivity index (χ2v) is 7.00. The van der Waals surface area contributed by atoms with Gasteiger partial charge in [0.05, 0.1) is 19.1 Å². The Morgan fingerprint density at radius 3 is 2.55 bits per heavy atom. The Morgan fingerprint density at radius 2 is 2.05 bits per heavy atom. The Morgan fingerprint density at radius 1 is 1.36 bits per heavy atom. The van der Waals surface area contributed by atoms with Gasteiger partial charge in [0.2, 0.25) is 0 Å². The van der Waals surface area contributed by atoms with Crippen molar-refractivity contribution in [2.75, 3.05) is 19.8 Å². The first-order valence-corrected chi connectivity index (χ1v) is 7.89. The summed E-state index contributed by atoms with van der Waals surface area (Å²) in [5, 5.41) is 8.81. The molecule has 1 saturated heterocycles. The summed E-state index contributed by atoms with van der Waals surface area (Å²) in [5.74, 6) is -0.973. The Kier molecular flexibility index (Phi) is 7.25. The summed E-state index contributed by atoms with van der Waals surface area (Å²) in [6.07, 6.45) is 0.831. The van der Waals surface area contributed by atoms with Crippen LogP contribution in [0.15, 0.2) is 0 Å². The topological polar surface area (TPSA) is 74.2 Å². The Labute approximate surface area is 133 Å². The molecule has 1 rings (SSSR count). The molecule has 6 heteroatoms. The van der Waals surface area contributed by atoms with Gasteiger partial charge in [-0.25, -0.2) is 0 Å². The lowest BCUT2D eigenvalue weighted by Crippen LogP contribution is -2.37. The van der Waals surface area contributed by atoms with Crippen LogP contribution < -0.4 is 0 Å². The fourth-order valence-corrected chi connectivity index (χ4v) is 2.19. The van der Waals surface area contributed by atoms with Gasteiger partial charge in [0, 0.05) is 13.2 Å². The van der Waals surface area contributed by atoms with Crippen molar-refractivity contribution in [1.29, 1.82) is 0 Å². The van der Waals surface area contributed by atoms with Crippen molar-refractivity contribution in [3.8, 4) is 0 Å². The van der Waals surface area contributed by atoms with Crippen molar-refractivity contribution < 1.29 is 28.8 Å². The van der Waals surface area contributed by atoms with Crippen molar-refractivity contribution in [2.24, 2.45) is 0 Å². The summed E-state index contributed by atoms with van der Waals surface area (Å²) in [6, 6.07) is 0. The molecule has 1 heterocycles. The quantitative estimate of drug-likeness (QED) is 0.545. The van der Waals surface area contributed by atoms with Crippen LogP contribution in [0.2, 0.25) is 0 Å². The van der Waals surface area contributed by atoms with E-state index in [-0.39, 0.29) is 25.1 Å². The molecule has 0 aromatic heterocycles. The zero-order chi connectivity index (χ0) is 16.8. The summed E-state index contributed by atoms with van der Waals surface area (Å²) in [6.45, 7) is 10.2. The van der Waals surface area contributed by atoms with Crippen LogP contribution in [0, 0.1) is 0 Å². The average Bonchev–Trinajstić information content (AvgIpc) is 2.71. The maximum Gasteiger partial charge on any atom is 0.309 e. The Balaban J connectivity index is 2.56. The minimum atomic E-state index is -0.661. The third kappa shape index (κ3) is 7.54. The highest BCUT2D eigenvalue weighted by molar-refractivity contribution is 5.70. The molecular weight excluding hydrogens is 288 g/mol. The molecule has 0 radical (unpaired) electrons. The number of aliphatic hydroxyl groups excluding tert-OH is 1. The highest BCUT2D eigenvalue weighted by atomic mass is 16.7. The zero-order valence-electron chi connectivity index (χ0n) is 14.4. The standard InChI is InChI=1S/C16H30O6/c1-15(2,3)22-14(18)10-12(19-9-7-6-8-17)13-11-20-16(4,5)21-13/h12-13,17H,6-11H2,1-5H3/t12-,13+/m0/s1. The van der Waals surface area contributed by atoms with E-state index in [0.29, 0.717) is 19.6 Å². The number of hydrogen-bond acceptors (Lipinski definition) is 6. The van der Waals surface area contributed by atoms with E-state index in [1.807, 2.05) is 34.6 Å².